The Kier molecular flexibility index (Phi) is 7.72. The molecule has 210 valence electrons. The summed E-state index contributed by atoms with van der Waals surface area (Å²) in [5, 5.41) is 2.82. The number of fused-ring (bicyclic) bond motifs is 3. The molecule has 0 aliphatic heterocycles. The van der Waals surface area contributed by atoms with Crippen LogP contribution in [0.2, 0.25) is 0 Å². The second-order valence-electron chi connectivity index (χ2n) is 9.95. The number of nitrogen functional groups attached to an aromatic ring is 1. The summed E-state index contributed by atoms with van der Waals surface area (Å²) in [4.78, 5) is 24.5. The van der Waals surface area contributed by atoms with Crippen molar-refractivity contribution in [2.75, 3.05) is 12.8 Å². The normalized spacial score (nSPS) is 23.2. The van der Waals surface area contributed by atoms with Gasteiger partial charge in [0.25, 0.3) is 0 Å². The smallest absolute Gasteiger partial charge is 0.418 e. The van der Waals surface area contributed by atoms with Gasteiger partial charge < -0.3 is 15.8 Å². The van der Waals surface area contributed by atoms with Crippen LogP contribution in [0.3, 0.4) is 0 Å². The Hall–Kier alpha value is -3.15. The van der Waals surface area contributed by atoms with Crippen molar-refractivity contribution in [1.29, 1.82) is 0 Å². The maximum absolute atomic E-state index is 14.1. The first kappa shape index (κ1) is 28.8. The third kappa shape index (κ3) is 6.05. The Morgan fingerprint density at radius 2 is 1.56 bits per heavy atom. The van der Waals surface area contributed by atoms with Crippen LogP contribution in [0.1, 0.15) is 55.2 Å². The molecule has 3 N–H and O–H groups in total. The number of hydrogen-bond donors (Lipinski definition) is 2. The first-order valence-corrected chi connectivity index (χ1v) is 12.9. The number of halogens is 6. The van der Waals surface area contributed by atoms with Crippen LogP contribution < -0.4 is 11.1 Å². The van der Waals surface area contributed by atoms with Gasteiger partial charge in [-0.05, 0) is 74.4 Å². The Labute approximate surface area is 225 Å². The molecule has 2 aromatic rings. The molecule has 0 unspecified atom stereocenters. The number of anilines is 1. The molecule has 3 aliphatic carbocycles. The molecule has 0 radical (unpaired) electrons. The molecule has 5 rings (SSSR count). The van der Waals surface area contributed by atoms with E-state index in [-0.39, 0.29) is 16.6 Å². The number of amides is 1. The fourth-order valence-electron chi connectivity index (χ4n) is 5.48. The van der Waals surface area contributed by atoms with E-state index in [9.17, 15) is 35.9 Å². The molecule has 0 spiro atoms. The minimum Gasteiger partial charge on any atom is -0.469 e. The van der Waals surface area contributed by atoms with Crippen molar-refractivity contribution < 1.29 is 40.7 Å². The molecule has 5 nitrogen and oxygen atoms in total. The molecule has 2 bridgehead atoms. The Morgan fingerprint density at radius 3 is 2.10 bits per heavy atom. The molecule has 0 atom stereocenters. The van der Waals surface area contributed by atoms with Gasteiger partial charge in [0, 0.05) is 27.1 Å². The molecule has 2 aromatic carbocycles. The summed E-state index contributed by atoms with van der Waals surface area (Å²) in [6, 6.07) is 7.67. The zero-order valence-electron chi connectivity index (χ0n) is 20.8. The van der Waals surface area contributed by atoms with Gasteiger partial charge in [-0.25, -0.2) is 0 Å². The zero-order chi connectivity index (χ0) is 28.6. The van der Waals surface area contributed by atoms with Gasteiger partial charge >= 0.3 is 18.3 Å². The highest BCUT2D eigenvalue weighted by atomic mass is 32.2. The third-order valence-electron chi connectivity index (χ3n) is 7.52. The number of methoxy groups -OCH3 is 1. The van der Waals surface area contributed by atoms with E-state index in [1.807, 2.05) is 0 Å². The van der Waals surface area contributed by atoms with Crippen molar-refractivity contribution in [3.8, 4) is 0 Å². The van der Waals surface area contributed by atoms with Crippen LogP contribution in [0.25, 0.3) is 6.08 Å². The van der Waals surface area contributed by atoms with E-state index in [2.05, 4.69) is 5.32 Å². The first-order chi connectivity index (χ1) is 18.2. The lowest BCUT2D eigenvalue weighted by Crippen LogP contribution is -2.58. The second-order valence-corrected chi connectivity index (χ2v) is 11.1. The molecular formula is C27H26F6N2O3S. The lowest BCUT2D eigenvalue weighted by molar-refractivity contribution is -0.163. The number of nitrogens with two attached hydrogens (primary N) is 1. The number of benzene rings is 2. The number of alkyl halides is 6. The fourth-order valence-corrected chi connectivity index (χ4v) is 6.53. The lowest BCUT2D eigenvalue weighted by Gasteiger charge is -2.51. The van der Waals surface area contributed by atoms with Crippen LogP contribution in [0, 0.1) is 5.41 Å². The maximum atomic E-state index is 14.1. The average molecular weight is 573 g/mol. The van der Waals surface area contributed by atoms with E-state index < -0.39 is 50.8 Å². The van der Waals surface area contributed by atoms with Crippen LogP contribution in [0.5, 0.6) is 0 Å². The summed E-state index contributed by atoms with van der Waals surface area (Å²) in [6.45, 7) is 0. The summed E-state index contributed by atoms with van der Waals surface area (Å²) in [7, 11) is 1.32. The zero-order valence-corrected chi connectivity index (χ0v) is 21.7. The van der Waals surface area contributed by atoms with Gasteiger partial charge in [0.15, 0.2) is 0 Å². The van der Waals surface area contributed by atoms with Gasteiger partial charge in [0.2, 0.25) is 5.91 Å². The molecule has 39 heavy (non-hydrogen) atoms. The highest BCUT2D eigenvalue weighted by molar-refractivity contribution is 7.99. The standard InChI is InChI=1S/C27H26F6N2O3S/c1-38-23(37)24-9-12-25(13-10-24,14-11-24)35-20(36)8-6-16-5-7-19(39-18-4-2-3-17(34)15-18)22(27(31,32)33)21(16)26(28,29)30/h2-8,15H,9-14,34H2,1H3,(H,35,36)/b8-6+. The van der Waals surface area contributed by atoms with Crippen molar-refractivity contribution >= 4 is 35.4 Å². The van der Waals surface area contributed by atoms with E-state index in [4.69, 9.17) is 10.5 Å². The Morgan fingerprint density at radius 1 is 0.949 bits per heavy atom. The molecule has 3 fully saturated rings. The quantitative estimate of drug-likeness (QED) is 0.171. The molecule has 12 heteroatoms. The molecule has 0 heterocycles. The minimum absolute atomic E-state index is 0.242. The molecule has 3 saturated carbocycles. The van der Waals surface area contributed by atoms with Crippen LogP contribution >= 0.6 is 11.8 Å². The summed E-state index contributed by atoms with van der Waals surface area (Å²) < 4.78 is 89.3. The Bertz CT molecular complexity index is 1280. The van der Waals surface area contributed by atoms with Crippen LogP contribution in [-0.2, 0) is 26.7 Å². The topological polar surface area (TPSA) is 81.4 Å². The maximum Gasteiger partial charge on any atom is 0.418 e. The van der Waals surface area contributed by atoms with E-state index in [0.717, 1.165) is 24.3 Å². The predicted octanol–water partition coefficient (Wildman–Crippen LogP) is 6.85. The van der Waals surface area contributed by atoms with Gasteiger partial charge in [-0.2, -0.15) is 26.3 Å². The van der Waals surface area contributed by atoms with Crippen molar-refractivity contribution in [1.82, 2.24) is 5.32 Å². The summed E-state index contributed by atoms with van der Waals surface area (Å²) in [6.07, 6.45) is -6.12. The third-order valence-corrected chi connectivity index (χ3v) is 8.57. The molecule has 1 amide bonds. The van der Waals surface area contributed by atoms with E-state index in [1.165, 1.54) is 31.4 Å². The summed E-state index contributed by atoms with van der Waals surface area (Å²) in [5.41, 5.74) is 0.216. The van der Waals surface area contributed by atoms with Crippen molar-refractivity contribution in [2.45, 2.75) is 66.2 Å². The number of carbonyl (C=O) groups is 2. The highest BCUT2D eigenvalue weighted by Crippen LogP contribution is 2.53. The van der Waals surface area contributed by atoms with Crippen LogP contribution in [-0.4, -0.2) is 24.5 Å². The number of carbonyl (C=O) groups excluding carboxylic acids is 2. The van der Waals surface area contributed by atoms with Gasteiger partial charge in [-0.15, -0.1) is 0 Å². The van der Waals surface area contributed by atoms with Crippen molar-refractivity contribution in [2.24, 2.45) is 5.41 Å². The van der Waals surface area contributed by atoms with Crippen LogP contribution in [0.4, 0.5) is 32.0 Å². The van der Waals surface area contributed by atoms with Gasteiger partial charge in [0.1, 0.15) is 0 Å². The minimum atomic E-state index is -5.35. The number of nitrogens with one attached hydrogen (secondary N) is 1. The SMILES string of the molecule is COC(=O)C12CCC(NC(=O)/C=C/c3ccc(Sc4cccc(N)c4)c(C(F)(F)F)c3C(F)(F)F)(CC1)CC2. The molecule has 0 aromatic heterocycles. The number of esters is 1. The molecule has 3 aliphatic rings. The van der Waals surface area contributed by atoms with Crippen LogP contribution in [0.15, 0.2) is 52.3 Å². The fraction of sp³-hybridized carbons (Fsp3) is 0.407. The summed E-state index contributed by atoms with van der Waals surface area (Å²) in [5.74, 6) is -1.01. The van der Waals surface area contributed by atoms with Gasteiger partial charge in [-0.1, -0.05) is 23.9 Å². The van der Waals surface area contributed by atoms with Crippen molar-refractivity contribution in [3.63, 3.8) is 0 Å². The average Bonchev–Trinajstić information content (AvgIpc) is 2.87. The Balaban J connectivity index is 1.61. The number of ether oxygens (including phenoxy) is 1. The second kappa shape index (κ2) is 10.4. The largest absolute Gasteiger partial charge is 0.469 e. The highest BCUT2D eigenvalue weighted by Gasteiger charge is 2.53. The molecule has 0 saturated heterocycles. The van der Waals surface area contributed by atoms with Gasteiger partial charge in [0.05, 0.1) is 23.7 Å². The molecular weight excluding hydrogens is 546 g/mol. The monoisotopic (exact) mass is 572 g/mol. The van der Waals surface area contributed by atoms with Crippen molar-refractivity contribution in [3.05, 3.63) is 59.2 Å². The predicted molar refractivity (Wildman–Crippen MR) is 133 cm³/mol. The van der Waals surface area contributed by atoms with E-state index in [1.54, 1.807) is 0 Å². The lowest BCUT2D eigenvalue weighted by atomic mass is 9.57. The van der Waals surface area contributed by atoms with E-state index >= 15 is 0 Å². The number of hydrogen-bond acceptors (Lipinski definition) is 5. The summed E-state index contributed by atoms with van der Waals surface area (Å²) >= 11 is 0.516. The first-order valence-electron chi connectivity index (χ1n) is 12.1. The number of rotatable bonds is 6. The van der Waals surface area contributed by atoms with Gasteiger partial charge in [-0.3, -0.25) is 9.59 Å². The van der Waals surface area contributed by atoms with E-state index in [0.29, 0.717) is 50.3 Å².